The van der Waals surface area contributed by atoms with Crippen LogP contribution < -0.4 is 15.5 Å². The zero-order valence-electron chi connectivity index (χ0n) is 16.8. The molecule has 8 nitrogen and oxygen atoms in total. The molecule has 2 aliphatic rings. The van der Waals surface area contributed by atoms with Gasteiger partial charge < -0.3 is 20.4 Å². The highest BCUT2D eigenvalue weighted by atomic mass is 16.2. The zero-order chi connectivity index (χ0) is 20.9. The predicted octanol–water partition coefficient (Wildman–Crippen LogP) is 1.78. The average molecular weight is 407 g/mol. The number of rotatable bonds is 7. The minimum Gasteiger partial charge on any atom is -0.359 e. The number of carbonyl (C=O) groups is 3. The van der Waals surface area contributed by atoms with Gasteiger partial charge in [0.15, 0.2) is 5.82 Å². The number of amides is 3. The van der Waals surface area contributed by atoms with Gasteiger partial charge in [-0.1, -0.05) is 30.3 Å². The highest BCUT2D eigenvalue weighted by Gasteiger charge is 2.26. The van der Waals surface area contributed by atoms with Crippen LogP contribution in [0.3, 0.4) is 0 Å². The Morgan fingerprint density at radius 2 is 2.00 bits per heavy atom. The summed E-state index contributed by atoms with van der Waals surface area (Å²) in [5, 5.41) is 5.89. The molecule has 30 heavy (non-hydrogen) atoms. The summed E-state index contributed by atoms with van der Waals surface area (Å²) in [5.41, 5.74) is 2.01. The van der Waals surface area contributed by atoms with E-state index in [1.54, 1.807) is 11.0 Å². The van der Waals surface area contributed by atoms with E-state index in [1.165, 1.54) is 6.20 Å². The summed E-state index contributed by atoms with van der Waals surface area (Å²) in [6.07, 6.45) is 3.76. The third-order valence-corrected chi connectivity index (χ3v) is 5.37. The molecule has 0 aliphatic carbocycles. The number of anilines is 2. The fourth-order valence-electron chi connectivity index (χ4n) is 3.76. The van der Waals surface area contributed by atoms with E-state index in [1.807, 2.05) is 35.2 Å². The summed E-state index contributed by atoms with van der Waals surface area (Å²) in [4.78, 5) is 44.6. The molecule has 3 amide bonds. The van der Waals surface area contributed by atoms with Crippen molar-refractivity contribution in [1.82, 2.24) is 15.2 Å². The molecule has 0 radical (unpaired) electrons. The second kappa shape index (κ2) is 8.94. The number of hydrogen-bond acceptors (Lipinski definition) is 5. The van der Waals surface area contributed by atoms with Crippen molar-refractivity contribution in [2.45, 2.75) is 25.8 Å². The smallest absolute Gasteiger partial charge is 0.252 e. The SMILES string of the molecule is O=C(NCCCN1CCCC1=O)c1cnc2c(c1)N(Cc1ccccc1)C(=O)CN2. The Morgan fingerprint density at radius 3 is 2.77 bits per heavy atom. The number of aromatic nitrogens is 1. The molecule has 0 saturated carbocycles. The summed E-state index contributed by atoms with van der Waals surface area (Å²) < 4.78 is 0. The minimum absolute atomic E-state index is 0.0685. The second-order valence-corrected chi connectivity index (χ2v) is 7.50. The fourth-order valence-corrected chi connectivity index (χ4v) is 3.76. The van der Waals surface area contributed by atoms with Gasteiger partial charge in [-0.3, -0.25) is 14.4 Å². The van der Waals surface area contributed by atoms with Gasteiger partial charge in [-0.05, 0) is 24.5 Å². The van der Waals surface area contributed by atoms with Gasteiger partial charge in [0.25, 0.3) is 5.91 Å². The van der Waals surface area contributed by atoms with Crippen molar-refractivity contribution >= 4 is 29.2 Å². The van der Waals surface area contributed by atoms with E-state index in [9.17, 15) is 14.4 Å². The molecule has 2 aliphatic heterocycles. The van der Waals surface area contributed by atoms with E-state index in [-0.39, 0.29) is 24.3 Å². The third kappa shape index (κ3) is 4.42. The van der Waals surface area contributed by atoms with E-state index >= 15 is 0 Å². The molecule has 2 N–H and O–H groups in total. The summed E-state index contributed by atoms with van der Waals surface area (Å²) in [7, 11) is 0. The van der Waals surface area contributed by atoms with E-state index < -0.39 is 0 Å². The number of hydrogen-bond donors (Lipinski definition) is 2. The molecule has 156 valence electrons. The van der Waals surface area contributed by atoms with Crippen molar-refractivity contribution in [2.24, 2.45) is 0 Å². The van der Waals surface area contributed by atoms with Gasteiger partial charge in [0.2, 0.25) is 11.8 Å². The molecule has 8 heteroatoms. The van der Waals surface area contributed by atoms with Crippen molar-refractivity contribution in [3.05, 3.63) is 53.7 Å². The summed E-state index contributed by atoms with van der Waals surface area (Å²) in [6.45, 7) is 2.54. The van der Waals surface area contributed by atoms with Crippen LogP contribution in [0.4, 0.5) is 11.5 Å². The van der Waals surface area contributed by atoms with Crippen LogP contribution in [0, 0.1) is 0 Å². The van der Waals surface area contributed by atoms with Crippen molar-refractivity contribution < 1.29 is 14.4 Å². The molecule has 0 unspecified atom stereocenters. The van der Waals surface area contributed by atoms with Crippen LogP contribution in [-0.2, 0) is 16.1 Å². The van der Waals surface area contributed by atoms with E-state index in [0.29, 0.717) is 49.5 Å². The third-order valence-electron chi connectivity index (χ3n) is 5.37. The van der Waals surface area contributed by atoms with Crippen molar-refractivity contribution in [2.75, 3.05) is 36.4 Å². The summed E-state index contributed by atoms with van der Waals surface area (Å²) in [5.74, 6) is 0.474. The quantitative estimate of drug-likeness (QED) is 0.683. The first-order valence-corrected chi connectivity index (χ1v) is 10.3. The summed E-state index contributed by atoms with van der Waals surface area (Å²) in [6, 6.07) is 11.4. The number of pyridine rings is 1. The Balaban J connectivity index is 1.40. The van der Waals surface area contributed by atoms with Gasteiger partial charge in [-0.25, -0.2) is 4.98 Å². The Labute approximate surface area is 175 Å². The number of likely N-dealkylation sites (tertiary alicyclic amines) is 1. The van der Waals surface area contributed by atoms with Gasteiger partial charge in [0, 0.05) is 32.3 Å². The van der Waals surface area contributed by atoms with Crippen LogP contribution in [-0.4, -0.2) is 53.8 Å². The lowest BCUT2D eigenvalue weighted by Crippen LogP contribution is -2.40. The Morgan fingerprint density at radius 1 is 1.17 bits per heavy atom. The maximum atomic E-state index is 12.6. The van der Waals surface area contributed by atoms with Crippen LogP contribution in [0.5, 0.6) is 0 Å². The zero-order valence-corrected chi connectivity index (χ0v) is 16.8. The molecule has 0 spiro atoms. The highest BCUT2D eigenvalue weighted by Crippen LogP contribution is 2.29. The predicted molar refractivity (Wildman–Crippen MR) is 113 cm³/mol. The molecule has 1 fully saturated rings. The Bertz CT molecular complexity index is 947. The van der Waals surface area contributed by atoms with E-state index in [0.717, 1.165) is 18.5 Å². The molecule has 0 atom stereocenters. The molecular formula is C22H25N5O3. The lowest BCUT2D eigenvalue weighted by Gasteiger charge is -2.29. The van der Waals surface area contributed by atoms with Crippen molar-refractivity contribution in [1.29, 1.82) is 0 Å². The topological polar surface area (TPSA) is 94.6 Å². The Kier molecular flexibility index (Phi) is 5.92. The number of fused-ring (bicyclic) bond motifs is 1. The Hall–Kier alpha value is -3.42. The molecule has 3 heterocycles. The lowest BCUT2D eigenvalue weighted by atomic mass is 10.1. The van der Waals surface area contributed by atoms with Crippen LogP contribution >= 0.6 is 0 Å². The van der Waals surface area contributed by atoms with Crippen LogP contribution in [0.15, 0.2) is 42.6 Å². The van der Waals surface area contributed by atoms with Gasteiger partial charge in [-0.15, -0.1) is 0 Å². The maximum absolute atomic E-state index is 12.6. The highest BCUT2D eigenvalue weighted by molar-refractivity contribution is 6.04. The van der Waals surface area contributed by atoms with Crippen LogP contribution in [0.2, 0.25) is 0 Å². The van der Waals surface area contributed by atoms with Crippen molar-refractivity contribution in [3.63, 3.8) is 0 Å². The second-order valence-electron chi connectivity index (χ2n) is 7.50. The fraction of sp³-hybridized carbons (Fsp3) is 0.364. The van der Waals surface area contributed by atoms with Gasteiger partial charge in [0.1, 0.15) is 0 Å². The monoisotopic (exact) mass is 407 g/mol. The van der Waals surface area contributed by atoms with Crippen LogP contribution in [0.1, 0.15) is 35.2 Å². The maximum Gasteiger partial charge on any atom is 0.252 e. The molecule has 4 rings (SSSR count). The first kappa shape index (κ1) is 19.9. The van der Waals surface area contributed by atoms with Crippen LogP contribution in [0.25, 0.3) is 0 Å². The first-order valence-electron chi connectivity index (χ1n) is 10.3. The average Bonchev–Trinajstić information content (AvgIpc) is 3.18. The van der Waals surface area contributed by atoms with Gasteiger partial charge >= 0.3 is 0 Å². The molecule has 0 bridgehead atoms. The number of carbonyl (C=O) groups excluding carboxylic acids is 3. The lowest BCUT2D eigenvalue weighted by molar-refractivity contribution is -0.127. The number of benzene rings is 1. The molecule has 2 aromatic rings. The number of nitrogens with one attached hydrogen (secondary N) is 2. The molecule has 1 aromatic heterocycles. The van der Waals surface area contributed by atoms with Gasteiger partial charge in [0.05, 0.1) is 24.3 Å². The molecule has 1 aromatic carbocycles. The molecular weight excluding hydrogens is 382 g/mol. The van der Waals surface area contributed by atoms with E-state index in [2.05, 4.69) is 15.6 Å². The molecule has 1 saturated heterocycles. The normalized spacial score (nSPS) is 15.7. The first-order chi connectivity index (χ1) is 14.6. The van der Waals surface area contributed by atoms with Gasteiger partial charge in [-0.2, -0.15) is 0 Å². The number of nitrogens with zero attached hydrogens (tertiary/aromatic N) is 3. The van der Waals surface area contributed by atoms with Crippen molar-refractivity contribution in [3.8, 4) is 0 Å². The minimum atomic E-state index is -0.240. The standard InChI is InChI=1S/C22H25N5O3/c28-19-8-4-10-26(19)11-5-9-23-22(30)17-12-18-21(24-13-17)25-14-20(29)27(18)15-16-6-2-1-3-7-16/h1-3,6-7,12-13H,4-5,8-11,14-15H2,(H,23,30)(H,24,25). The summed E-state index contributed by atoms with van der Waals surface area (Å²) >= 11 is 0. The largest absolute Gasteiger partial charge is 0.359 e. The van der Waals surface area contributed by atoms with E-state index in [4.69, 9.17) is 0 Å².